The van der Waals surface area contributed by atoms with E-state index in [-0.39, 0.29) is 5.56 Å². The summed E-state index contributed by atoms with van der Waals surface area (Å²) in [7, 11) is -0.0659. The topological polar surface area (TPSA) is 65.6 Å². The summed E-state index contributed by atoms with van der Waals surface area (Å²) in [5.74, 6) is 3.44. The lowest BCUT2D eigenvalue weighted by molar-refractivity contribution is 0.699. The van der Waals surface area contributed by atoms with Crippen LogP contribution in [0.4, 0.5) is 0 Å². The zero-order chi connectivity index (χ0) is 23.6. The van der Waals surface area contributed by atoms with Gasteiger partial charge in [0.2, 0.25) is 0 Å². The quantitative estimate of drug-likeness (QED) is 0.224. The SMILES string of the molecule is CSc1ncc2c(C#C[Si](C(C)C)(C(C)C)C(C)C)cc(=O)n(Cc3ccn(C)n3)c2n1. The van der Waals surface area contributed by atoms with E-state index in [1.165, 1.54) is 11.8 Å². The third kappa shape index (κ3) is 4.55. The Hall–Kier alpha value is -2.37. The zero-order valence-corrected chi connectivity index (χ0v) is 22.1. The highest BCUT2D eigenvalue weighted by Crippen LogP contribution is 2.40. The summed E-state index contributed by atoms with van der Waals surface area (Å²) in [6.45, 7) is 14.1. The second-order valence-corrected chi connectivity index (χ2v) is 15.6. The first-order valence-electron chi connectivity index (χ1n) is 11.1. The summed E-state index contributed by atoms with van der Waals surface area (Å²) in [5.41, 5.74) is 7.30. The standard InChI is InChI=1S/C24H33N5OSSi/c1-16(2)32(17(3)4,18(5)6)12-10-19-13-22(30)29(15-20-9-11-28(7)27-20)23-21(19)14-25-24(26-23)31-8/h9,11,13-14,16-18H,15H2,1-8H3. The molecule has 0 radical (unpaired) electrons. The lowest BCUT2D eigenvalue weighted by atomic mass is 10.2. The lowest BCUT2D eigenvalue weighted by Crippen LogP contribution is -2.43. The van der Waals surface area contributed by atoms with E-state index in [1.54, 1.807) is 21.5 Å². The molecule has 3 aromatic heterocycles. The molecule has 0 aliphatic rings. The highest BCUT2D eigenvalue weighted by atomic mass is 32.2. The smallest absolute Gasteiger partial charge is 0.253 e. The van der Waals surface area contributed by atoms with E-state index in [0.717, 1.165) is 11.1 Å². The Balaban J connectivity index is 2.23. The fourth-order valence-corrected chi connectivity index (χ4v) is 10.4. The molecule has 3 rings (SSSR count). The second-order valence-electron chi connectivity index (χ2n) is 9.20. The van der Waals surface area contributed by atoms with Crippen molar-refractivity contribution in [3.05, 3.63) is 46.1 Å². The van der Waals surface area contributed by atoms with E-state index in [9.17, 15) is 4.79 Å². The van der Waals surface area contributed by atoms with Crippen LogP contribution in [-0.2, 0) is 13.6 Å². The van der Waals surface area contributed by atoms with Crippen molar-refractivity contribution in [1.29, 1.82) is 0 Å². The summed E-state index contributed by atoms with van der Waals surface area (Å²) < 4.78 is 3.40. The second kappa shape index (κ2) is 9.63. The van der Waals surface area contributed by atoms with Crippen LogP contribution in [0.1, 0.15) is 52.8 Å². The number of rotatable bonds is 6. The summed E-state index contributed by atoms with van der Waals surface area (Å²) in [5, 5.41) is 5.87. The van der Waals surface area contributed by atoms with Crippen molar-refractivity contribution in [2.24, 2.45) is 7.05 Å². The largest absolute Gasteiger partial charge is 0.286 e. The number of hydrogen-bond donors (Lipinski definition) is 0. The Labute approximate surface area is 195 Å². The third-order valence-electron chi connectivity index (χ3n) is 6.38. The van der Waals surface area contributed by atoms with Crippen LogP contribution < -0.4 is 5.56 Å². The van der Waals surface area contributed by atoms with E-state index in [1.807, 2.05) is 25.6 Å². The van der Waals surface area contributed by atoms with Crippen molar-refractivity contribution >= 4 is 30.9 Å². The number of aryl methyl sites for hydroxylation is 1. The van der Waals surface area contributed by atoms with Crippen LogP contribution in [0.5, 0.6) is 0 Å². The Morgan fingerprint density at radius 1 is 1.12 bits per heavy atom. The molecule has 0 amide bonds. The van der Waals surface area contributed by atoms with Crippen molar-refractivity contribution in [3.8, 4) is 11.5 Å². The first-order valence-corrected chi connectivity index (χ1v) is 14.5. The van der Waals surface area contributed by atoms with E-state index in [0.29, 0.717) is 39.5 Å². The van der Waals surface area contributed by atoms with Gasteiger partial charge in [-0.25, -0.2) is 9.97 Å². The summed E-state index contributed by atoms with van der Waals surface area (Å²) in [4.78, 5) is 22.4. The zero-order valence-electron chi connectivity index (χ0n) is 20.3. The predicted octanol–water partition coefficient (Wildman–Crippen LogP) is 4.86. The number of thioether (sulfide) groups is 1. The average Bonchev–Trinajstić information content (AvgIpc) is 3.14. The van der Waals surface area contributed by atoms with Crippen LogP contribution in [0.25, 0.3) is 11.0 Å². The normalized spacial score (nSPS) is 12.1. The number of hydrogen-bond acceptors (Lipinski definition) is 5. The van der Waals surface area contributed by atoms with Crippen molar-refractivity contribution in [2.45, 2.75) is 69.9 Å². The van der Waals surface area contributed by atoms with Gasteiger partial charge in [-0.1, -0.05) is 59.2 Å². The van der Waals surface area contributed by atoms with Gasteiger partial charge >= 0.3 is 0 Å². The molecule has 0 unspecified atom stereocenters. The fraction of sp³-hybridized carbons (Fsp3) is 0.500. The van der Waals surface area contributed by atoms with Gasteiger partial charge in [0.25, 0.3) is 5.56 Å². The van der Waals surface area contributed by atoms with Gasteiger partial charge in [0, 0.05) is 31.1 Å². The van der Waals surface area contributed by atoms with Gasteiger partial charge < -0.3 is 0 Å². The van der Waals surface area contributed by atoms with E-state index >= 15 is 0 Å². The van der Waals surface area contributed by atoms with Gasteiger partial charge in [0.1, 0.15) is 13.7 Å². The van der Waals surface area contributed by atoms with Gasteiger partial charge in [0.15, 0.2) is 5.16 Å². The molecule has 0 bridgehead atoms. The van der Waals surface area contributed by atoms with Crippen LogP contribution in [0.2, 0.25) is 16.6 Å². The van der Waals surface area contributed by atoms with Gasteiger partial charge in [-0.15, -0.1) is 5.54 Å². The van der Waals surface area contributed by atoms with Gasteiger partial charge in [-0.05, 0) is 28.9 Å². The molecular formula is C24H33N5OSSi. The van der Waals surface area contributed by atoms with Crippen molar-refractivity contribution < 1.29 is 0 Å². The van der Waals surface area contributed by atoms with Crippen LogP contribution in [0.15, 0.2) is 34.5 Å². The minimum atomic E-state index is -1.93. The predicted molar refractivity (Wildman–Crippen MR) is 136 cm³/mol. The molecule has 0 atom stereocenters. The number of aromatic nitrogens is 5. The fourth-order valence-electron chi connectivity index (χ4n) is 4.81. The summed E-state index contributed by atoms with van der Waals surface area (Å²) >= 11 is 1.46. The van der Waals surface area contributed by atoms with Crippen molar-refractivity contribution in [3.63, 3.8) is 0 Å². The Morgan fingerprint density at radius 2 is 1.78 bits per heavy atom. The van der Waals surface area contributed by atoms with Crippen LogP contribution in [0, 0.1) is 11.5 Å². The Morgan fingerprint density at radius 3 is 2.31 bits per heavy atom. The van der Waals surface area contributed by atoms with Crippen LogP contribution in [-0.4, -0.2) is 38.6 Å². The molecular weight excluding hydrogens is 434 g/mol. The number of fused-ring (bicyclic) bond motifs is 1. The molecule has 0 aliphatic carbocycles. The molecule has 0 aromatic carbocycles. The monoisotopic (exact) mass is 467 g/mol. The first kappa shape index (κ1) is 24.3. The van der Waals surface area contributed by atoms with Gasteiger partial charge in [-0.2, -0.15) is 5.10 Å². The molecule has 6 nitrogen and oxygen atoms in total. The molecule has 8 heteroatoms. The van der Waals surface area contributed by atoms with Crippen molar-refractivity contribution in [2.75, 3.05) is 6.26 Å². The molecule has 32 heavy (non-hydrogen) atoms. The average molecular weight is 468 g/mol. The molecule has 0 fully saturated rings. The summed E-state index contributed by atoms with van der Waals surface area (Å²) in [6.07, 6.45) is 5.61. The van der Waals surface area contributed by atoms with E-state index < -0.39 is 8.07 Å². The first-order chi connectivity index (χ1) is 15.1. The van der Waals surface area contributed by atoms with Crippen LogP contribution >= 0.6 is 11.8 Å². The highest BCUT2D eigenvalue weighted by Gasteiger charge is 2.41. The highest BCUT2D eigenvalue weighted by molar-refractivity contribution is 7.98. The van der Waals surface area contributed by atoms with Gasteiger partial charge in [0.05, 0.1) is 17.6 Å². The van der Waals surface area contributed by atoms with E-state index in [2.05, 4.69) is 63.1 Å². The van der Waals surface area contributed by atoms with Gasteiger partial charge in [-0.3, -0.25) is 14.0 Å². The molecule has 0 saturated heterocycles. The molecule has 3 aromatic rings. The minimum Gasteiger partial charge on any atom is -0.286 e. The van der Waals surface area contributed by atoms with E-state index in [4.69, 9.17) is 4.98 Å². The maximum Gasteiger partial charge on any atom is 0.253 e. The Kier molecular flexibility index (Phi) is 7.31. The molecule has 3 heterocycles. The van der Waals surface area contributed by atoms with Crippen molar-refractivity contribution in [1.82, 2.24) is 24.3 Å². The molecule has 0 aliphatic heterocycles. The maximum atomic E-state index is 13.2. The summed E-state index contributed by atoms with van der Waals surface area (Å²) in [6, 6.07) is 3.55. The maximum absolute atomic E-state index is 13.2. The minimum absolute atomic E-state index is 0.121. The number of pyridine rings is 1. The third-order valence-corrected chi connectivity index (χ3v) is 13.2. The molecule has 170 valence electrons. The Bertz CT molecular complexity index is 1210. The number of nitrogens with zero attached hydrogens (tertiary/aromatic N) is 5. The molecule has 0 spiro atoms. The molecule has 0 saturated carbocycles. The van der Waals surface area contributed by atoms with Crippen LogP contribution in [0.3, 0.4) is 0 Å². The molecule has 0 N–H and O–H groups in total. The lowest BCUT2D eigenvalue weighted by Gasteiger charge is -2.38.